The number of hydrogen-bond acceptors (Lipinski definition) is 3. The molecule has 0 atom stereocenters. The Morgan fingerprint density at radius 3 is 2.24 bits per heavy atom. The second-order valence-corrected chi connectivity index (χ2v) is 6.98. The number of nitrogens with zero attached hydrogens (tertiary/aromatic N) is 2. The predicted molar refractivity (Wildman–Crippen MR) is 79.2 cm³/mol. The van der Waals surface area contributed by atoms with Crippen LogP contribution in [-0.4, -0.2) is 47.2 Å². The molecule has 0 aliphatic carbocycles. The molecule has 2 heterocycles. The molecule has 2 aliphatic rings. The lowest BCUT2D eigenvalue weighted by molar-refractivity contribution is -0.140. The third-order valence-electron chi connectivity index (χ3n) is 4.38. The van der Waals surface area contributed by atoms with Crippen molar-refractivity contribution in [3.05, 3.63) is 12.2 Å². The van der Waals surface area contributed by atoms with E-state index in [4.69, 9.17) is 0 Å². The Labute approximate surface area is 126 Å². The van der Waals surface area contributed by atoms with Gasteiger partial charge in [-0.2, -0.15) is 0 Å². The second-order valence-electron chi connectivity index (χ2n) is 6.98. The monoisotopic (exact) mass is 292 g/mol. The van der Waals surface area contributed by atoms with Crippen molar-refractivity contribution in [1.82, 2.24) is 9.80 Å². The zero-order valence-corrected chi connectivity index (χ0v) is 13.1. The van der Waals surface area contributed by atoms with Crippen LogP contribution in [0, 0.1) is 11.3 Å². The Balaban J connectivity index is 1.61. The van der Waals surface area contributed by atoms with E-state index in [2.05, 4.69) is 20.8 Å². The van der Waals surface area contributed by atoms with E-state index in [9.17, 15) is 14.4 Å². The molecule has 3 amide bonds. The lowest BCUT2D eigenvalue weighted by Gasteiger charge is -2.46. The number of imide groups is 1. The molecule has 116 valence electrons. The van der Waals surface area contributed by atoms with Gasteiger partial charge in [0.1, 0.15) is 0 Å². The number of carbonyl (C=O) groups is 3. The topological polar surface area (TPSA) is 57.7 Å². The van der Waals surface area contributed by atoms with Crippen molar-refractivity contribution in [2.24, 2.45) is 11.3 Å². The quantitative estimate of drug-likeness (QED) is 0.571. The van der Waals surface area contributed by atoms with E-state index in [0.29, 0.717) is 31.7 Å². The molecule has 5 heteroatoms. The van der Waals surface area contributed by atoms with Gasteiger partial charge in [-0.3, -0.25) is 19.3 Å². The molecule has 0 N–H and O–H groups in total. The second kappa shape index (κ2) is 6.00. The summed E-state index contributed by atoms with van der Waals surface area (Å²) < 4.78 is 0. The Morgan fingerprint density at radius 2 is 1.71 bits per heavy atom. The maximum atomic E-state index is 12.0. The largest absolute Gasteiger partial charge is 0.342 e. The molecular formula is C16H24N2O3. The van der Waals surface area contributed by atoms with Crippen molar-refractivity contribution >= 4 is 17.7 Å². The van der Waals surface area contributed by atoms with Crippen LogP contribution in [0.3, 0.4) is 0 Å². The minimum absolute atomic E-state index is 0.188. The third kappa shape index (κ3) is 3.71. The summed E-state index contributed by atoms with van der Waals surface area (Å²) in [6, 6.07) is 0. The molecule has 21 heavy (non-hydrogen) atoms. The molecule has 0 aromatic rings. The highest BCUT2D eigenvalue weighted by Gasteiger charge is 2.37. The van der Waals surface area contributed by atoms with Gasteiger partial charge in [0.2, 0.25) is 5.91 Å². The van der Waals surface area contributed by atoms with Crippen LogP contribution >= 0.6 is 0 Å². The smallest absolute Gasteiger partial charge is 0.253 e. The molecule has 2 aliphatic heterocycles. The Hall–Kier alpha value is -1.65. The number of carbonyl (C=O) groups excluding carboxylic acids is 3. The van der Waals surface area contributed by atoms with E-state index >= 15 is 0 Å². The maximum Gasteiger partial charge on any atom is 0.253 e. The van der Waals surface area contributed by atoms with E-state index in [-0.39, 0.29) is 23.1 Å². The molecule has 0 aromatic heterocycles. The predicted octanol–water partition coefficient (Wildman–Crippen LogP) is 1.59. The molecule has 1 saturated heterocycles. The van der Waals surface area contributed by atoms with E-state index in [1.165, 1.54) is 17.1 Å². The standard InChI is InChI=1S/C16H24N2O3/c1-16(2,3)12-10-17(11-12)13(19)6-4-5-9-18-14(20)7-8-15(18)21/h7-8,12H,4-6,9-11H2,1-3H3. The molecule has 2 rings (SSSR count). The van der Waals surface area contributed by atoms with E-state index in [1.54, 1.807) is 0 Å². The van der Waals surface area contributed by atoms with Crippen molar-refractivity contribution in [3.8, 4) is 0 Å². The van der Waals surface area contributed by atoms with E-state index < -0.39 is 0 Å². The fraction of sp³-hybridized carbons (Fsp3) is 0.688. The number of likely N-dealkylation sites (tertiary alicyclic amines) is 1. The fourth-order valence-corrected chi connectivity index (χ4v) is 2.59. The molecule has 5 nitrogen and oxygen atoms in total. The van der Waals surface area contributed by atoms with Gasteiger partial charge < -0.3 is 4.90 Å². The highest BCUT2D eigenvalue weighted by molar-refractivity contribution is 6.12. The Kier molecular flexibility index (Phi) is 4.49. The minimum atomic E-state index is -0.248. The van der Waals surface area contributed by atoms with Gasteiger partial charge in [-0.05, 0) is 24.2 Å². The molecule has 0 saturated carbocycles. The summed E-state index contributed by atoms with van der Waals surface area (Å²) in [6.07, 6.45) is 4.48. The number of amides is 3. The average Bonchev–Trinajstić information content (AvgIpc) is 2.61. The summed E-state index contributed by atoms with van der Waals surface area (Å²) in [4.78, 5) is 37.8. The lowest BCUT2D eigenvalue weighted by Crippen LogP contribution is -2.54. The summed E-state index contributed by atoms with van der Waals surface area (Å²) in [6.45, 7) is 8.74. The van der Waals surface area contributed by atoms with E-state index in [1.807, 2.05) is 4.90 Å². The summed E-state index contributed by atoms with van der Waals surface area (Å²) in [7, 11) is 0. The molecular weight excluding hydrogens is 268 g/mol. The number of hydrogen-bond donors (Lipinski definition) is 0. The van der Waals surface area contributed by atoms with Gasteiger partial charge in [0.15, 0.2) is 0 Å². The highest BCUT2D eigenvalue weighted by atomic mass is 16.2. The van der Waals surface area contributed by atoms with Crippen molar-refractivity contribution in [2.45, 2.75) is 40.0 Å². The van der Waals surface area contributed by atoms with Crippen molar-refractivity contribution < 1.29 is 14.4 Å². The average molecular weight is 292 g/mol. The normalized spacial score (nSPS) is 19.4. The van der Waals surface area contributed by atoms with Gasteiger partial charge in [-0.15, -0.1) is 0 Å². The molecule has 0 unspecified atom stereocenters. The van der Waals surface area contributed by atoms with Crippen molar-refractivity contribution in [2.75, 3.05) is 19.6 Å². The minimum Gasteiger partial charge on any atom is -0.342 e. The summed E-state index contributed by atoms with van der Waals surface area (Å²) in [5.41, 5.74) is 0.264. The molecule has 0 aromatic carbocycles. The Morgan fingerprint density at radius 1 is 1.14 bits per heavy atom. The van der Waals surface area contributed by atoms with Gasteiger partial charge in [0, 0.05) is 38.2 Å². The van der Waals surface area contributed by atoms with Gasteiger partial charge in [0.05, 0.1) is 0 Å². The van der Waals surface area contributed by atoms with Gasteiger partial charge in [-0.1, -0.05) is 20.8 Å². The van der Waals surface area contributed by atoms with Crippen molar-refractivity contribution in [1.29, 1.82) is 0 Å². The first-order chi connectivity index (χ1) is 9.79. The molecule has 1 fully saturated rings. The van der Waals surface area contributed by atoms with Crippen LogP contribution in [0.4, 0.5) is 0 Å². The first-order valence-electron chi connectivity index (χ1n) is 7.60. The fourth-order valence-electron chi connectivity index (χ4n) is 2.59. The van der Waals surface area contributed by atoms with Crippen LogP contribution in [0.25, 0.3) is 0 Å². The lowest BCUT2D eigenvalue weighted by atomic mass is 9.76. The van der Waals surface area contributed by atoms with Gasteiger partial charge in [0.25, 0.3) is 11.8 Å². The van der Waals surface area contributed by atoms with Crippen LogP contribution in [0.1, 0.15) is 40.0 Å². The first kappa shape index (κ1) is 15.7. The van der Waals surface area contributed by atoms with Crippen molar-refractivity contribution in [3.63, 3.8) is 0 Å². The van der Waals surface area contributed by atoms with Gasteiger partial charge >= 0.3 is 0 Å². The van der Waals surface area contributed by atoms with Crippen LogP contribution in [-0.2, 0) is 14.4 Å². The zero-order chi connectivity index (χ0) is 15.6. The summed E-state index contributed by atoms with van der Waals surface area (Å²) >= 11 is 0. The van der Waals surface area contributed by atoms with Crippen LogP contribution in [0.5, 0.6) is 0 Å². The first-order valence-corrected chi connectivity index (χ1v) is 7.60. The van der Waals surface area contributed by atoms with E-state index in [0.717, 1.165) is 13.1 Å². The van der Waals surface area contributed by atoms with Crippen LogP contribution in [0.2, 0.25) is 0 Å². The molecule has 0 bridgehead atoms. The zero-order valence-electron chi connectivity index (χ0n) is 13.1. The number of rotatable bonds is 5. The summed E-state index contributed by atoms with van der Waals surface area (Å²) in [5.74, 6) is 0.282. The Bertz CT molecular complexity index is 452. The molecule has 0 radical (unpaired) electrons. The maximum absolute atomic E-state index is 12.0. The molecule has 0 spiro atoms. The van der Waals surface area contributed by atoms with Gasteiger partial charge in [-0.25, -0.2) is 0 Å². The SMILES string of the molecule is CC(C)(C)C1CN(C(=O)CCCCN2C(=O)C=CC2=O)C1. The third-order valence-corrected chi connectivity index (χ3v) is 4.38. The highest BCUT2D eigenvalue weighted by Crippen LogP contribution is 2.33. The number of unbranched alkanes of at least 4 members (excludes halogenated alkanes) is 1. The summed E-state index contributed by atoms with van der Waals surface area (Å²) in [5, 5.41) is 0. The van der Waals surface area contributed by atoms with Crippen LogP contribution < -0.4 is 0 Å². The van der Waals surface area contributed by atoms with Crippen LogP contribution in [0.15, 0.2) is 12.2 Å².